The summed E-state index contributed by atoms with van der Waals surface area (Å²) in [6.07, 6.45) is 0.178. The maximum Gasteiger partial charge on any atom is 0.573 e. The molecule has 0 aromatic heterocycles. The monoisotopic (exact) mass is 1510 g/mol. The van der Waals surface area contributed by atoms with Crippen LogP contribution in [0.25, 0.3) is 0 Å². The fourth-order valence-corrected chi connectivity index (χ4v) is 14.3. The predicted octanol–water partition coefficient (Wildman–Crippen LogP) is 13.5. The first-order valence-corrected chi connectivity index (χ1v) is 37.4. The predicted molar refractivity (Wildman–Crippen MR) is 421 cm³/mol. The van der Waals surface area contributed by atoms with E-state index in [1.54, 1.807) is 55.6 Å². The van der Waals surface area contributed by atoms with Crippen LogP contribution >= 0.6 is 11.6 Å². The Kier molecular flexibility index (Phi) is 29.0. The van der Waals surface area contributed by atoms with Crippen LogP contribution in [-0.4, -0.2) is 108 Å². The van der Waals surface area contributed by atoms with E-state index in [1.807, 2.05) is 91.9 Å². The van der Waals surface area contributed by atoms with Gasteiger partial charge in [-0.2, -0.15) is 0 Å². The minimum Gasteiger partial charge on any atom is -0.496 e. The third-order valence-electron chi connectivity index (χ3n) is 19.6. The molecule has 0 bridgehead atoms. The average Bonchev–Trinajstić information content (AvgIpc) is 0.841. The highest BCUT2D eigenvalue weighted by Gasteiger charge is 2.33. The molecule has 22 heteroatoms. The largest absolute Gasteiger partial charge is 0.573 e. The lowest BCUT2D eigenvalue weighted by molar-refractivity contribution is -0.274. The molecule has 10 aromatic rings. The van der Waals surface area contributed by atoms with Crippen LogP contribution in [0.15, 0.2) is 243 Å². The summed E-state index contributed by atoms with van der Waals surface area (Å²) in [6, 6.07) is 75.1. The van der Waals surface area contributed by atoms with Gasteiger partial charge in [0.15, 0.2) is 0 Å². The van der Waals surface area contributed by atoms with Gasteiger partial charge in [0.05, 0.1) is 23.8 Å². The Labute approximate surface area is 644 Å². The van der Waals surface area contributed by atoms with E-state index in [9.17, 15) is 41.5 Å². The van der Waals surface area contributed by atoms with Gasteiger partial charge in [0, 0.05) is 79.1 Å². The number of ether oxygens (including phenoxy) is 2. The molecule has 5 aliphatic rings. The second-order valence-corrected chi connectivity index (χ2v) is 27.4. The Hall–Kier alpha value is -11.0. The van der Waals surface area contributed by atoms with Crippen molar-refractivity contribution < 1.29 is 51.0 Å². The molecule has 10 N–H and O–H groups in total. The molecule has 0 saturated heterocycles. The van der Waals surface area contributed by atoms with Crippen molar-refractivity contribution in [1.29, 1.82) is 0 Å². The molecule has 5 amide bonds. The lowest BCUT2D eigenvalue weighted by Crippen LogP contribution is -2.39. The van der Waals surface area contributed by atoms with E-state index in [1.165, 1.54) is 80.4 Å². The lowest BCUT2D eigenvalue weighted by Gasteiger charge is -2.27. The van der Waals surface area contributed by atoms with Gasteiger partial charge in [-0.3, -0.25) is 24.0 Å². The van der Waals surface area contributed by atoms with Gasteiger partial charge in [0.25, 0.3) is 29.5 Å². The molecule has 570 valence electrons. The topological polar surface area (TPSA) is 224 Å². The summed E-state index contributed by atoms with van der Waals surface area (Å²) in [5.41, 5.74) is 15.7. The van der Waals surface area contributed by atoms with Crippen molar-refractivity contribution in [2.75, 3.05) is 72.6 Å². The fourth-order valence-electron chi connectivity index (χ4n) is 14.1. The number of methoxy groups -OCH3 is 1. The number of hydrogen-bond donors (Lipinski definition) is 10. The van der Waals surface area contributed by atoms with Crippen LogP contribution < -0.4 is 62.6 Å². The van der Waals surface area contributed by atoms with Gasteiger partial charge in [-0.05, 0) is 194 Å². The summed E-state index contributed by atoms with van der Waals surface area (Å²) in [4.78, 5) is 61.1. The summed E-state index contributed by atoms with van der Waals surface area (Å²) in [7, 11) is 1.57. The SMILES string of the molecule is COc1ccccc1C(=O)NCC1NCCc2ccccc21.Cc1cccc(C(=O)NCC2NCCc3ccccc32)c1.O=C(NCC1NCCc2ccccc21)c1cccc(Cl)c1.O=C(NCC1NCCc2ccccc21)c1ccccc1F.O=C(NCC1NCCc2ccccc21)c1ccccc1OC(F)(F)F. The fraction of sp³-hybridized carbons (Fsp3) is 0.261. The average molecular weight is 1510 g/mol. The lowest BCUT2D eigenvalue weighted by atomic mass is 9.94. The molecule has 5 unspecified atom stereocenters. The van der Waals surface area contributed by atoms with Crippen LogP contribution in [0.1, 0.15) is 143 Å². The molecule has 110 heavy (non-hydrogen) atoms. The minimum absolute atomic E-state index is 0.0106. The molecule has 15 rings (SSSR count). The number of fused-ring (bicyclic) bond motifs is 5. The third-order valence-corrected chi connectivity index (χ3v) is 19.8. The smallest absolute Gasteiger partial charge is 0.496 e. The van der Waals surface area contributed by atoms with Gasteiger partial charge < -0.3 is 62.6 Å². The standard InChI is InChI=1S/C18H17F3N2O2.C18H20N2O2.C18H20N2O.C17H17ClN2O.C17H17FN2O/c19-18(20,21)25-16-8-4-3-7-14(16)17(24)23-11-15-13-6-2-1-5-12(13)9-10-22-15;1-22-17-9-5-4-8-15(17)18(21)20-12-16-14-7-3-2-6-13(14)10-11-19-16;1-13-5-4-7-15(11-13)18(21)20-12-17-16-8-3-2-6-14(16)9-10-19-17;18-14-6-3-5-13(10-14)17(21)20-11-16-15-7-2-1-4-12(15)8-9-19-16;18-15-8-4-3-7-14(15)17(21)20-11-16-13-6-2-1-5-12(13)9-10-19-16/h1-8,15,22H,9-11H2,(H,23,24);2-9,16,19H,10-12H2,1H3,(H,20,21);2-8,11,17,19H,9-10,12H2,1H3,(H,20,21);1-7,10,16,19H,8-9,11H2,(H,20,21);1-8,16,19H,9-11H2,(H,20,21). The maximum absolute atomic E-state index is 13.6. The zero-order valence-electron chi connectivity index (χ0n) is 61.3. The van der Waals surface area contributed by atoms with E-state index in [2.05, 4.69) is 131 Å². The summed E-state index contributed by atoms with van der Waals surface area (Å²) in [6.45, 7) is 8.97. The van der Waals surface area contributed by atoms with E-state index in [4.69, 9.17) is 16.3 Å². The molecule has 5 aliphatic heterocycles. The summed E-state index contributed by atoms with van der Waals surface area (Å²) in [5.74, 6) is -1.61. The minimum atomic E-state index is -4.85. The van der Waals surface area contributed by atoms with Crippen molar-refractivity contribution in [1.82, 2.24) is 53.2 Å². The normalized spacial score (nSPS) is 17.0. The second kappa shape index (κ2) is 39.9. The Bertz CT molecular complexity index is 4660. The van der Waals surface area contributed by atoms with Crippen molar-refractivity contribution in [3.63, 3.8) is 0 Å². The molecule has 0 saturated carbocycles. The molecular weight excluding hydrogens is 1420 g/mol. The first-order chi connectivity index (χ1) is 53.5. The Morgan fingerprint density at radius 2 is 0.673 bits per heavy atom. The number of rotatable bonds is 17. The summed E-state index contributed by atoms with van der Waals surface area (Å²) < 4.78 is 60.1. The number of alkyl halides is 3. The van der Waals surface area contributed by atoms with Crippen LogP contribution in [0.4, 0.5) is 17.6 Å². The molecule has 0 radical (unpaired) electrons. The first-order valence-electron chi connectivity index (χ1n) is 37.0. The van der Waals surface area contributed by atoms with Crippen LogP contribution in [0.2, 0.25) is 5.02 Å². The molecule has 0 aliphatic carbocycles. The Balaban J connectivity index is 0.000000137. The van der Waals surface area contributed by atoms with Crippen molar-refractivity contribution in [3.05, 3.63) is 343 Å². The van der Waals surface area contributed by atoms with Crippen molar-refractivity contribution in [2.24, 2.45) is 0 Å². The molecule has 10 aromatic carbocycles. The highest BCUT2D eigenvalue weighted by molar-refractivity contribution is 6.31. The molecule has 0 spiro atoms. The van der Waals surface area contributed by atoms with E-state index in [-0.39, 0.29) is 71.5 Å². The molecule has 17 nitrogen and oxygen atoms in total. The maximum atomic E-state index is 13.6. The quantitative estimate of drug-likeness (QED) is 0.0385. The van der Waals surface area contributed by atoms with Gasteiger partial charge >= 0.3 is 6.36 Å². The number of hydrogen-bond acceptors (Lipinski definition) is 12. The van der Waals surface area contributed by atoms with Crippen molar-refractivity contribution in [2.45, 2.75) is 75.6 Å². The van der Waals surface area contributed by atoms with E-state index in [0.717, 1.165) is 87.6 Å². The Morgan fingerprint density at radius 3 is 1.03 bits per heavy atom. The van der Waals surface area contributed by atoms with Gasteiger partial charge in [-0.25, -0.2) is 4.39 Å². The van der Waals surface area contributed by atoms with Crippen LogP contribution in [-0.2, 0) is 32.1 Å². The number of carbonyl (C=O) groups excluding carboxylic acids is 5. The summed E-state index contributed by atoms with van der Waals surface area (Å²) >= 11 is 5.91. The zero-order valence-corrected chi connectivity index (χ0v) is 62.1. The summed E-state index contributed by atoms with van der Waals surface area (Å²) in [5, 5.41) is 32.2. The molecule has 5 atom stereocenters. The number of amides is 5. The van der Waals surface area contributed by atoms with Crippen LogP contribution in [0.3, 0.4) is 0 Å². The van der Waals surface area contributed by atoms with E-state index < -0.39 is 23.8 Å². The number of benzene rings is 10. The van der Waals surface area contributed by atoms with Gasteiger partial charge in [-0.15, -0.1) is 13.2 Å². The number of halogens is 5. The highest BCUT2D eigenvalue weighted by atomic mass is 35.5. The van der Waals surface area contributed by atoms with E-state index >= 15 is 0 Å². The van der Waals surface area contributed by atoms with Crippen molar-refractivity contribution in [3.8, 4) is 11.5 Å². The van der Waals surface area contributed by atoms with Crippen LogP contribution in [0.5, 0.6) is 11.5 Å². The van der Waals surface area contributed by atoms with Crippen LogP contribution in [0, 0.1) is 12.7 Å². The molecular formula is C88H91ClF4N10O7. The number of para-hydroxylation sites is 2. The Morgan fingerprint density at radius 1 is 0.373 bits per heavy atom. The van der Waals surface area contributed by atoms with Gasteiger partial charge in [-0.1, -0.05) is 193 Å². The van der Waals surface area contributed by atoms with E-state index in [0.29, 0.717) is 48.1 Å². The number of aryl methyl sites for hydroxylation is 1. The van der Waals surface area contributed by atoms with Gasteiger partial charge in [0.1, 0.15) is 17.3 Å². The molecule has 5 heterocycles. The van der Waals surface area contributed by atoms with Gasteiger partial charge in [0.2, 0.25) is 0 Å². The molecule has 0 fully saturated rings. The number of nitrogens with one attached hydrogen (secondary N) is 10. The third kappa shape index (κ3) is 22.6. The number of carbonyl (C=O) groups is 5. The zero-order chi connectivity index (χ0) is 77.2. The first kappa shape index (κ1) is 80.0. The second-order valence-electron chi connectivity index (χ2n) is 26.9. The van der Waals surface area contributed by atoms with Crippen molar-refractivity contribution >= 4 is 41.1 Å². The highest BCUT2D eigenvalue weighted by Crippen LogP contribution is 2.30.